The van der Waals surface area contributed by atoms with Crippen LogP contribution in [0.25, 0.3) is 11.1 Å². The van der Waals surface area contributed by atoms with E-state index in [0.717, 1.165) is 6.20 Å². The first-order chi connectivity index (χ1) is 21.8. The number of rotatable bonds is 11. The zero-order valence-corrected chi connectivity index (χ0v) is 29.0. The van der Waals surface area contributed by atoms with Gasteiger partial charge in [-0.2, -0.15) is 4.98 Å². The Labute approximate surface area is 279 Å². The van der Waals surface area contributed by atoms with E-state index in [1.807, 2.05) is 0 Å². The number of ether oxygens (including phenoxy) is 3. The van der Waals surface area contributed by atoms with Crippen molar-refractivity contribution in [1.29, 1.82) is 0 Å². The maximum atomic E-state index is 14.5. The summed E-state index contributed by atoms with van der Waals surface area (Å²) in [4.78, 5) is 32.6. The van der Waals surface area contributed by atoms with Crippen LogP contribution in [0.5, 0.6) is 5.88 Å². The third-order valence-corrected chi connectivity index (χ3v) is 7.43. The molecule has 1 atom stereocenters. The number of anilines is 2. The Balaban J connectivity index is 1.66. The van der Waals surface area contributed by atoms with E-state index < -0.39 is 44.8 Å². The van der Waals surface area contributed by atoms with Gasteiger partial charge in [-0.1, -0.05) is 17.7 Å². The van der Waals surface area contributed by atoms with Crippen molar-refractivity contribution in [1.82, 2.24) is 9.97 Å². The van der Waals surface area contributed by atoms with Crippen molar-refractivity contribution < 1.29 is 36.8 Å². The predicted octanol–water partition coefficient (Wildman–Crippen LogP) is 8.23. The Kier molecular flexibility index (Phi) is 12.5. The van der Waals surface area contributed by atoms with Crippen LogP contribution in [-0.4, -0.2) is 57.0 Å². The van der Waals surface area contributed by atoms with Crippen LogP contribution < -0.4 is 15.4 Å². The minimum atomic E-state index is -3.08. The number of unbranched alkanes of at least 4 members (excludes halogenated alkanes) is 1. The van der Waals surface area contributed by atoms with Crippen molar-refractivity contribution >= 4 is 45.0 Å². The monoisotopic (exact) mass is 695 g/mol. The van der Waals surface area contributed by atoms with Gasteiger partial charge >= 0.3 is 12.2 Å². The first kappa shape index (κ1) is 37.4. The molecule has 0 saturated heterocycles. The Morgan fingerprint density at radius 3 is 2.36 bits per heavy atom. The number of pyridine rings is 2. The van der Waals surface area contributed by atoms with Gasteiger partial charge < -0.3 is 19.5 Å². The number of halogens is 3. The smallest absolute Gasteiger partial charge is 0.442 e. The molecule has 0 aliphatic rings. The first-order valence-corrected chi connectivity index (χ1v) is 17.2. The van der Waals surface area contributed by atoms with E-state index in [9.17, 15) is 22.6 Å². The molecule has 0 bridgehead atoms. The molecule has 0 aliphatic carbocycles. The maximum Gasteiger partial charge on any atom is 0.442 e. The van der Waals surface area contributed by atoms with Crippen molar-refractivity contribution in [3.63, 3.8) is 0 Å². The molecule has 11 nitrogen and oxygen atoms in total. The number of nitrogens with one attached hydrogen (secondary N) is 2. The lowest BCUT2D eigenvalue weighted by molar-refractivity contribution is 0.0603. The molecular weight excluding hydrogens is 656 g/mol. The van der Waals surface area contributed by atoms with Gasteiger partial charge in [0.1, 0.15) is 33.8 Å². The highest BCUT2D eigenvalue weighted by Crippen LogP contribution is 2.28. The number of benzene rings is 1. The molecule has 47 heavy (non-hydrogen) atoms. The summed E-state index contributed by atoms with van der Waals surface area (Å²) in [6.07, 6.45) is 1.74. The van der Waals surface area contributed by atoms with E-state index in [0.29, 0.717) is 30.5 Å². The van der Waals surface area contributed by atoms with Gasteiger partial charge in [-0.15, -0.1) is 4.36 Å². The topological polar surface area (TPSA) is 141 Å². The summed E-state index contributed by atoms with van der Waals surface area (Å²) in [6.45, 7) is 10.8. The molecule has 2 amide bonds. The Morgan fingerprint density at radius 1 is 0.979 bits per heavy atom. The third-order valence-electron chi connectivity index (χ3n) is 5.82. The highest BCUT2D eigenvalue weighted by Gasteiger charge is 2.20. The maximum absolute atomic E-state index is 14.5. The summed E-state index contributed by atoms with van der Waals surface area (Å²) in [7, 11) is -3.08. The molecular formula is C32H40ClF2N5O6S. The summed E-state index contributed by atoms with van der Waals surface area (Å²) in [6, 6.07) is 8.60. The van der Waals surface area contributed by atoms with Gasteiger partial charge in [-0.25, -0.2) is 27.6 Å². The van der Waals surface area contributed by atoms with Gasteiger partial charge in [0.2, 0.25) is 5.88 Å². The summed E-state index contributed by atoms with van der Waals surface area (Å²) in [5, 5.41) is 5.68. The van der Waals surface area contributed by atoms with Gasteiger partial charge in [-0.3, -0.25) is 5.32 Å². The number of carbonyl (C=O) groups excluding carboxylic acids is 2. The molecule has 2 N–H and O–H groups in total. The first-order valence-electron chi connectivity index (χ1n) is 14.7. The normalized spacial score (nSPS) is 12.9. The van der Waals surface area contributed by atoms with E-state index in [1.165, 1.54) is 42.7 Å². The van der Waals surface area contributed by atoms with Crippen LogP contribution in [0.2, 0.25) is 5.15 Å². The number of hydrogen-bond acceptors (Lipinski definition) is 9. The fourth-order valence-corrected chi connectivity index (χ4v) is 5.42. The van der Waals surface area contributed by atoms with E-state index in [-0.39, 0.29) is 40.5 Å². The van der Waals surface area contributed by atoms with Gasteiger partial charge in [0.15, 0.2) is 0 Å². The highest BCUT2D eigenvalue weighted by molar-refractivity contribution is 7.92. The number of nitrogens with zero attached hydrogens (tertiary/aromatic N) is 3. The average Bonchev–Trinajstić information content (AvgIpc) is 2.90. The lowest BCUT2D eigenvalue weighted by atomic mass is 10.1. The predicted molar refractivity (Wildman–Crippen MR) is 178 cm³/mol. The van der Waals surface area contributed by atoms with Crippen LogP contribution in [0.3, 0.4) is 0 Å². The molecule has 3 aromatic rings. The van der Waals surface area contributed by atoms with Crippen LogP contribution >= 0.6 is 11.6 Å². The second-order valence-electron chi connectivity index (χ2n) is 12.7. The SMILES string of the molecule is CC(C)(C)OC(=O)N=S(C)(=O)Cc1cc(NC(=O)OC(C)(C)C)nc(OCCCCNc2cc(-c3cc(Cl)ncc3F)ccc2F)c1. The summed E-state index contributed by atoms with van der Waals surface area (Å²) in [5.41, 5.74) is -0.287. The van der Waals surface area contributed by atoms with Crippen LogP contribution in [-0.2, 0) is 25.0 Å². The van der Waals surface area contributed by atoms with Gasteiger partial charge in [0, 0.05) is 24.4 Å². The molecule has 0 radical (unpaired) electrons. The van der Waals surface area contributed by atoms with Crippen molar-refractivity contribution in [2.45, 2.75) is 71.3 Å². The largest absolute Gasteiger partial charge is 0.478 e. The second-order valence-corrected chi connectivity index (χ2v) is 15.4. The van der Waals surface area contributed by atoms with Gasteiger partial charge in [0.25, 0.3) is 0 Å². The molecule has 3 rings (SSSR count). The van der Waals surface area contributed by atoms with E-state index >= 15 is 0 Å². The minimum Gasteiger partial charge on any atom is -0.478 e. The minimum absolute atomic E-state index is 0.0863. The lowest BCUT2D eigenvalue weighted by Gasteiger charge is -2.20. The molecule has 2 heterocycles. The standard InChI is InChI=1S/C32H40ClF2N5O6S/c1-31(2,3)45-29(41)39-27-14-20(19-47(7,43)40-30(42)46-32(4,5)6)15-28(38-27)44-13-9-8-12-36-25-16-21(10-11-23(25)34)22-17-26(33)37-18-24(22)35/h10-11,14-18,36H,8-9,12-13,19H2,1-7H3,(H,38,39,41). The Bertz CT molecular complexity index is 1720. The Hall–Kier alpha value is -4.04. The highest BCUT2D eigenvalue weighted by atomic mass is 35.5. The summed E-state index contributed by atoms with van der Waals surface area (Å²) in [5.74, 6) is -1.01. The third kappa shape index (κ3) is 13.3. The Morgan fingerprint density at radius 2 is 1.68 bits per heavy atom. The molecule has 2 aromatic heterocycles. The average molecular weight is 696 g/mol. The fraction of sp³-hybridized carbons (Fsp3) is 0.438. The van der Waals surface area contributed by atoms with Gasteiger partial charge in [0.05, 0.1) is 34.0 Å². The molecule has 15 heteroatoms. The fourth-order valence-electron chi connectivity index (χ4n) is 4.06. The summed E-state index contributed by atoms with van der Waals surface area (Å²) >= 11 is 5.90. The lowest BCUT2D eigenvalue weighted by Crippen LogP contribution is -2.27. The molecule has 0 aliphatic heterocycles. The van der Waals surface area contributed by atoms with E-state index in [1.54, 1.807) is 41.5 Å². The van der Waals surface area contributed by atoms with Crippen LogP contribution in [0.4, 0.5) is 29.9 Å². The molecule has 1 aromatic carbocycles. The molecule has 1 unspecified atom stereocenters. The number of hydrogen-bond donors (Lipinski definition) is 2. The molecule has 0 fully saturated rings. The van der Waals surface area contributed by atoms with Crippen molar-refractivity contribution in [2.75, 3.05) is 30.0 Å². The van der Waals surface area contributed by atoms with E-state index in [4.69, 9.17) is 25.8 Å². The quantitative estimate of drug-likeness (QED) is 0.150. The van der Waals surface area contributed by atoms with Crippen molar-refractivity contribution in [3.05, 3.63) is 64.9 Å². The van der Waals surface area contributed by atoms with Crippen LogP contribution in [0.1, 0.15) is 59.9 Å². The van der Waals surface area contributed by atoms with Crippen LogP contribution in [0, 0.1) is 11.6 Å². The van der Waals surface area contributed by atoms with E-state index in [2.05, 4.69) is 25.0 Å². The number of carbonyl (C=O) groups is 2. The number of aromatic nitrogens is 2. The second kappa shape index (κ2) is 15.7. The zero-order chi connectivity index (χ0) is 35.0. The molecule has 0 saturated carbocycles. The van der Waals surface area contributed by atoms with Crippen LogP contribution in [0.15, 0.2) is 47.0 Å². The number of amides is 2. The zero-order valence-electron chi connectivity index (χ0n) is 27.4. The van der Waals surface area contributed by atoms with Gasteiger partial charge in [-0.05, 0) is 89.8 Å². The molecule has 256 valence electrons. The van der Waals surface area contributed by atoms with Crippen molar-refractivity contribution in [3.8, 4) is 17.0 Å². The van der Waals surface area contributed by atoms with Crippen molar-refractivity contribution in [2.24, 2.45) is 4.36 Å². The molecule has 0 spiro atoms. The summed E-state index contributed by atoms with van der Waals surface area (Å²) < 4.78 is 62.0.